The number of carbonyl (C=O) groups is 2. The van der Waals surface area contributed by atoms with Gasteiger partial charge in [0.15, 0.2) is 5.78 Å². The quantitative estimate of drug-likeness (QED) is 0.474. The lowest BCUT2D eigenvalue weighted by molar-refractivity contribution is -0.184. The minimum Gasteiger partial charge on any atom is -0.456 e. The first kappa shape index (κ1) is 22.9. The van der Waals surface area contributed by atoms with Crippen molar-refractivity contribution >= 4 is 11.8 Å². The smallest absolute Gasteiger partial charge is 0.334 e. The minimum atomic E-state index is -1.12. The van der Waals surface area contributed by atoms with Gasteiger partial charge in [0, 0.05) is 12.0 Å². The summed E-state index contributed by atoms with van der Waals surface area (Å²) in [5, 5.41) is 22.7. The first-order valence-electron chi connectivity index (χ1n) is 13.1. The average molecular weight is 471 g/mol. The molecule has 3 saturated carbocycles. The summed E-state index contributed by atoms with van der Waals surface area (Å²) in [4.78, 5) is 25.7. The van der Waals surface area contributed by atoms with Gasteiger partial charge in [0.25, 0.3) is 0 Å². The van der Waals surface area contributed by atoms with E-state index in [4.69, 9.17) is 9.47 Å². The van der Waals surface area contributed by atoms with E-state index in [0.717, 1.165) is 37.7 Å². The Bertz CT molecular complexity index is 1030. The molecule has 11 atom stereocenters. The molecule has 186 valence electrons. The van der Waals surface area contributed by atoms with Crippen molar-refractivity contribution in [1.29, 1.82) is 0 Å². The third-order valence-corrected chi connectivity index (χ3v) is 11.7. The van der Waals surface area contributed by atoms with Crippen molar-refractivity contribution in [2.75, 3.05) is 0 Å². The van der Waals surface area contributed by atoms with Gasteiger partial charge in [0.05, 0.1) is 11.5 Å². The van der Waals surface area contributed by atoms with E-state index in [1.807, 2.05) is 20.8 Å². The lowest BCUT2D eigenvalue weighted by Gasteiger charge is -2.59. The van der Waals surface area contributed by atoms with E-state index in [1.165, 1.54) is 0 Å². The lowest BCUT2D eigenvalue weighted by Crippen LogP contribution is -2.64. The molecule has 6 heteroatoms. The minimum absolute atomic E-state index is 0.0158. The van der Waals surface area contributed by atoms with Crippen LogP contribution in [-0.2, 0) is 19.1 Å². The van der Waals surface area contributed by atoms with Crippen LogP contribution in [0.2, 0.25) is 0 Å². The second kappa shape index (κ2) is 6.83. The van der Waals surface area contributed by atoms with Gasteiger partial charge in [-0.1, -0.05) is 12.5 Å². The number of aliphatic hydroxyl groups is 2. The lowest BCUT2D eigenvalue weighted by atomic mass is 9.44. The summed E-state index contributed by atoms with van der Waals surface area (Å²) in [7, 11) is 0. The number of carbonyl (C=O) groups excluding carboxylic acids is 2. The predicted octanol–water partition coefficient (Wildman–Crippen LogP) is 3.50. The standard InChI is InChI=1S/C28H38O6/c1-14-12-22(33-24(31)15(14)2)27(5,32)19-7-6-17-16-13-23-28(34-23)21(30)9-8-20(29)26(28,4)18(16)10-11-25(17,19)3/h8-9,16-19,21-23,30,32H,6-7,10-13H2,1-5H3/t16-,17-,18-,19-,21-,22+,23+,25-,26-,27+,28?/m0/s1. The fourth-order valence-electron chi connectivity index (χ4n) is 9.56. The number of allylic oxidation sites excluding steroid dienone is 1. The maximum Gasteiger partial charge on any atom is 0.334 e. The molecule has 0 bridgehead atoms. The molecule has 0 aromatic heterocycles. The van der Waals surface area contributed by atoms with E-state index >= 15 is 0 Å². The van der Waals surface area contributed by atoms with Crippen molar-refractivity contribution in [3.05, 3.63) is 23.3 Å². The van der Waals surface area contributed by atoms with Gasteiger partial charge in [-0.2, -0.15) is 0 Å². The number of hydrogen-bond donors (Lipinski definition) is 2. The second-order valence-corrected chi connectivity index (χ2v) is 12.8. The van der Waals surface area contributed by atoms with Crippen LogP contribution < -0.4 is 0 Å². The van der Waals surface area contributed by atoms with E-state index in [-0.39, 0.29) is 35.1 Å². The van der Waals surface area contributed by atoms with Crippen LogP contribution in [-0.4, -0.2) is 51.5 Å². The monoisotopic (exact) mass is 470 g/mol. The van der Waals surface area contributed by atoms with Crippen LogP contribution in [0.4, 0.5) is 0 Å². The van der Waals surface area contributed by atoms with Crippen LogP contribution in [0.3, 0.4) is 0 Å². The number of cyclic esters (lactones) is 1. The van der Waals surface area contributed by atoms with Gasteiger partial charge in [0.2, 0.25) is 0 Å². The molecule has 0 radical (unpaired) electrons. The molecular formula is C28H38O6. The fourth-order valence-corrected chi connectivity index (χ4v) is 9.56. The van der Waals surface area contributed by atoms with Gasteiger partial charge in [0.1, 0.15) is 23.4 Å². The van der Waals surface area contributed by atoms with E-state index in [1.54, 1.807) is 19.1 Å². The van der Waals surface area contributed by atoms with Gasteiger partial charge in [-0.25, -0.2) is 4.79 Å². The Balaban J connectivity index is 1.31. The van der Waals surface area contributed by atoms with Crippen molar-refractivity contribution in [2.24, 2.45) is 34.5 Å². The first-order valence-corrected chi connectivity index (χ1v) is 13.1. The summed E-state index contributed by atoms with van der Waals surface area (Å²) < 4.78 is 12.0. The fraction of sp³-hybridized carbons (Fsp3) is 0.786. The highest BCUT2D eigenvalue weighted by Gasteiger charge is 2.80. The molecule has 1 spiro atoms. The van der Waals surface area contributed by atoms with Gasteiger partial charge in [-0.3, -0.25) is 4.79 Å². The molecule has 2 N–H and O–H groups in total. The number of esters is 1. The van der Waals surface area contributed by atoms with Gasteiger partial charge in [-0.05, 0) is 101 Å². The molecule has 4 fully saturated rings. The Kier molecular flexibility index (Phi) is 4.61. The van der Waals surface area contributed by atoms with Crippen LogP contribution in [0.5, 0.6) is 0 Å². The third-order valence-electron chi connectivity index (χ3n) is 11.7. The summed E-state index contributed by atoms with van der Waals surface area (Å²) in [6.45, 7) is 9.96. The molecule has 4 aliphatic carbocycles. The van der Waals surface area contributed by atoms with Crippen molar-refractivity contribution in [1.82, 2.24) is 0 Å². The molecule has 0 aromatic rings. The Labute approximate surface area is 201 Å². The maximum absolute atomic E-state index is 13.3. The molecule has 1 saturated heterocycles. The normalized spacial score (nSPS) is 53.3. The molecular weight excluding hydrogens is 432 g/mol. The molecule has 6 aliphatic rings. The first-order chi connectivity index (χ1) is 15.9. The topological polar surface area (TPSA) is 96.4 Å². The zero-order valence-corrected chi connectivity index (χ0v) is 21.0. The van der Waals surface area contributed by atoms with E-state index in [0.29, 0.717) is 23.8 Å². The maximum atomic E-state index is 13.3. The van der Waals surface area contributed by atoms with Crippen molar-refractivity contribution in [3.63, 3.8) is 0 Å². The van der Waals surface area contributed by atoms with Gasteiger partial charge >= 0.3 is 5.97 Å². The summed E-state index contributed by atoms with van der Waals surface area (Å²) in [6, 6.07) is 0. The summed E-state index contributed by atoms with van der Waals surface area (Å²) in [5.74, 6) is 0.651. The molecule has 2 aliphatic heterocycles. The number of fused-ring (bicyclic) bond motifs is 4. The molecule has 6 nitrogen and oxygen atoms in total. The SMILES string of the molecule is CC1=C(C)C(=O)O[C@@H]([C@](C)(O)[C@H]2CC[C@H]3[C@@H]4C[C@H]5OC56[C@@H](O)C=CC(=O)[C@]6(C)[C@H]4CC[C@]23C)C1. The molecule has 0 aromatic carbocycles. The van der Waals surface area contributed by atoms with Crippen molar-refractivity contribution < 1.29 is 29.3 Å². The molecule has 2 heterocycles. The van der Waals surface area contributed by atoms with Gasteiger partial charge < -0.3 is 19.7 Å². The zero-order valence-electron chi connectivity index (χ0n) is 21.0. The van der Waals surface area contributed by atoms with Crippen molar-refractivity contribution in [3.8, 4) is 0 Å². The number of ether oxygens (including phenoxy) is 2. The van der Waals surface area contributed by atoms with E-state index in [9.17, 15) is 19.8 Å². The van der Waals surface area contributed by atoms with Crippen LogP contribution in [0, 0.1) is 34.5 Å². The van der Waals surface area contributed by atoms with Crippen molar-refractivity contribution in [2.45, 2.75) is 103 Å². The Morgan fingerprint density at radius 1 is 1.12 bits per heavy atom. The highest BCUT2D eigenvalue weighted by atomic mass is 16.6. The van der Waals surface area contributed by atoms with E-state index in [2.05, 4.69) is 6.92 Å². The molecule has 1 unspecified atom stereocenters. The number of epoxide rings is 1. The Hall–Kier alpha value is -1.50. The summed E-state index contributed by atoms with van der Waals surface area (Å²) in [5.41, 5.74) is -1.02. The second-order valence-electron chi connectivity index (χ2n) is 12.8. The summed E-state index contributed by atoms with van der Waals surface area (Å²) >= 11 is 0. The van der Waals surface area contributed by atoms with Crippen LogP contribution in [0.25, 0.3) is 0 Å². The molecule has 0 amide bonds. The van der Waals surface area contributed by atoms with Crippen LogP contribution in [0.15, 0.2) is 23.3 Å². The van der Waals surface area contributed by atoms with Crippen LogP contribution >= 0.6 is 0 Å². The number of rotatable bonds is 2. The highest BCUT2D eigenvalue weighted by Crippen LogP contribution is 2.73. The Morgan fingerprint density at radius 2 is 1.85 bits per heavy atom. The van der Waals surface area contributed by atoms with Crippen LogP contribution in [0.1, 0.15) is 73.1 Å². The number of aliphatic hydroxyl groups excluding tert-OH is 1. The largest absolute Gasteiger partial charge is 0.456 e. The third kappa shape index (κ3) is 2.53. The van der Waals surface area contributed by atoms with E-state index < -0.39 is 28.8 Å². The number of ketones is 1. The molecule has 34 heavy (non-hydrogen) atoms. The molecule has 6 rings (SSSR count). The Morgan fingerprint density at radius 3 is 2.56 bits per heavy atom. The highest BCUT2D eigenvalue weighted by molar-refractivity contribution is 5.98. The number of hydrogen-bond acceptors (Lipinski definition) is 6. The summed E-state index contributed by atoms with van der Waals surface area (Å²) in [6.07, 6.45) is 6.96. The predicted molar refractivity (Wildman–Crippen MR) is 125 cm³/mol. The average Bonchev–Trinajstić information content (AvgIpc) is 3.40. The zero-order chi connectivity index (χ0) is 24.4. The van der Waals surface area contributed by atoms with Gasteiger partial charge in [-0.15, -0.1) is 0 Å².